The molecule has 0 spiro atoms. The number of hydrogen-bond donors (Lipinski definition) is 1. The number of guanidine groups is 1. The van der Waals surface area contributed by atoms with E-state index >= 15 is 0 Å². The molecule has 1 fully saturated rings. The van der Waals surface area contributed by atoms with Crippen LogP contribution in [0.5, 0.6) is 5.75 Å². The standard InChI is InChI=1S/C20H29N5O2.HI/c1-15(2)19-23-18(27-24-19)9-12-22-20(21-3)25-13-10-17(11-14-25)26-16-7-5-4-6-8-16;/h4-8,15,17H,9-14H2,1-3H3,(H,21,22);1H. The van der Waals surface area contributed by atoms with Gasteiger partial charge in [0.1, 0.15) is 11.9 Å². The number of ether oxygens (including phenoxy) is 1. The quantitative estimate of drug-likeness (QED) is 0.373. The summed E-state index contributed by atoms with van der Waals surface area (Å²) < 4.78 is 11.3. The summed E-state index contributed by atoms with van der Waals surface area (Å²) in [7, 11) is 1.82. The van der Waals surface area contributed by atoms with Crippen LogP contribution in [-0.2, 0) is 6.42 Å². The zero-order chi connectivity index (χ0) is 19.1. The highest BCUT2D eigenvalue weighted by molar-refractivity contribution is 14.0. The predicted molar refractivity (Wildman–Crippen MR) is 121 cm³/mol. The Bertz CT molecular complexity index is 727. The van der Waals surface area contributed by atoms with E-state index in [1.165, 1.54) is 0 Å². The Hall–Kier alpha value is -1.84. The van der Waals surface area contributed by atoms with E-state index in [1.54, 1.807) is 0 Å². The van der Waals surface area contributed by atoms with Gasteiger partial charge in [-0.1, -0.05) is 37.2 Å². The number of hydrogen-bond acceptors (Lipinski definition) is 5. The summed E-state index contributed by atoms with van der Waals surface area (Å²) in [6.45, 7) is 6.68. The fourth-order valence-electron chi connectivity index (χ4n) is 3.09. The summed E-state index contributed by atoms with van der Waals surface area (Å²) in [5.74, 6) is 3.56. The first-order valence-electron chi connectivity index (χ1n) is 9.65. The van der Waals surface area contributed by atoms with Gasteiger partial charge in [0.15, 0.2) is 11.8 Å². The molecule has 2 aromatic rings. The second kappa shape index (κ2) is 11.2. The lowest BCUT2D eigenvalue weighted by atomic mass is 10.1. The Morgan fingerprint density at radius 1 is 1.29 bits per heavy atom. The van der Waals surface area contributed by atoms with Crippen LogP contribution < -0.4 is 10.1 Å². The van der Waals surface area contributed by atoms with Gasteiger partial charge in [0.05, 0.1) is 0 Å². The normalized spacial score (nSPS) is 15.4. The first-order valence-corrected chi connectivity index (χ1v) is 9.65. The van der Waals surface area contributed by atoms with Crippen molar-refractivity contribution in [3.8, 4) is 5.75 Å². The molecule has 0 saturated carbocycles. The van der Waals surface area contributed by atoms with Crippen LogP contribution in [0.1, 0.15) is 44.3 Å². The summed E-state index contributed by atoms with van der Waals surface area (Å²) >= 11 is 0. The van der Waals surface area contributed by atoms with Crippen LogP contribution >= 0.6 is 24.0 Å². The topological polar surface area (TPSA) is 75.8 Å². The van der Waals surface area contributed by atoms with E-state index in [1.807, 2.05) is 37.4 Å². The zero-order valence-electron chi connectivity index (χ0n) is 16.8. The van der Waals surface area contributed by atoms with Crippen molar-refractivity contribution in [2.75, 3.05) is 26.7 Å². The molecule has 0 bridgehead atoms. The van der Waals surface area contributed by atoms with Crippen molar-refractivity contribution in [3.63, 3.8) is 0 Å². The van der Waals surface area contributed by atoms with Crippen LogP contribution in [0.4, 0.5) is 0 Å². The van der Waals surface area contributed by atoms with Crippen molar-refractivity contribution in [2.24, 2.45) is 4.99 Å². The second-order valence-corrected chi connectivity index (χ2v) is 7.04. The highest BCUT2D eigenvalue weighted by Gasteiger charge is 2.22. The van der Waals surface area contributed by atoms with Gasteiger partial charge in [0.25, 0.3) is 0 Å². The molecule has 1 N–H and O–H groups in total. The lowest BCUT2D eigenvalue weighted by Gasteiger charge is -2.34. The molecule has 154 valence electrons. The van der Waals surface area contributed by atoms with Crippen LogP contribution in [0.2, 0.25) is 0 Å². The Kier molecular flexibility index (Phi) is 9.01. The summed E-state index contributed by atoms with van der Waals surface area (Å²) in [4.78, 5) is 11.1. The maximum absolute atomic E-state index is 6.06. The van der Waals surface area contributed by atoms with Gasteiger partial charge in [0.2, 0.25) is 5.89 Å². The number of rotatable bonds is 6. The number of piperidine rings is 1. The molecule has 28 heavy (non-hydrogen) atoms. The zero-order valence-corrected chi connectivity index (χ0v) is 19.1. The fraction of sp³-hybridized carbons (Fsp3) is 0.550. The molecule has 8 heteroatoms. The summed E-state index contributed by atoms with van der Waals surface area (Å²) in [6, 6.07) is 10.0. The summed E-state index contributed by atoms with van der Waals surface area (Å²) in [5.41, 5.74) is 0. The molecular weight excluding hydrogens is 469 g/mol. The Morgan fingerprint density at radius 2 is 2.00 bits per heavy atom. The molecule has 3 rings (SSSR count). The monoisotopic (exact) mass is 499 g/mol. The van der Waals surface area contributed by atoms with Crippen molar-refractivity contribution in [2.45, 2.75) is 45.1 Å². The van der Waals surface area contributed by atoms with E-state index in [0.717, 1.165) is 43.5 Å². The van der Waals surface area contributed by atoms with Gasteiger partial charge in [-0.05, 0) is 12.1 Å². The number of aromatic nitrogens is 2. The van der Waals surface area contributed by atoms with E-state index in [-0.39, 0.29) is 36.0 Å². The average Bonchev–Trinajstić information content (AvgIpc) is 3.16. The molecule has 0 atom stereocenters. The Labute approximate surface area is 184 Å². The fourth-order valence-corrected chi connectivity index (χ4v) is 3.09. The smallest absolute Gasteiger partial charge is 0.228 e. The lowest BCUT2D eigenvalue weighted by Crippen LogP contribution is -2.47. The predicted octanol–water partition coefficient (Wildman–Crippen LogP) is 3.47. The van der Waals surface area contributed by atoms with Crippen molar-refractivity contribution in [3.05, 3.63) is 42.0 Å². The highest BCUT2D eigenvalue weighted by Crippen LogP contribution is 2.18. The number of benzene rings is 1. The first-order chi connectivity index (χ1) is 13.2. The average molecular weight is 499 g/mol. The third-order valence-corrected chi connectivity index (χ3v) is 4.62. The third-order valence-electron chi connectivity index (χ3n) is 4.62. The van der Waals surface area contributed by atoms with Gasteiger partial charge in [0, 0.05) is 51.9 Å². The Balaban J connectivity index is 0.00000280. The number of halogens is 1. The largest absolute Gasteiger partial charge is 0.490 e. The molecule has 0 unspecified atom stereocenters. The SMILES string of the molecule is CN=C(NCCc1nc(C(C)C)no1)N1CCC(Oc2ccccc2)CC1.I. The molecule has 0 aliphatic carbocycles. The minimum Gasteiger partial charge on any atom is -0.490 e. The molecular formula is C20H30IN5O2. The summed E-state index contributed by atoms with van der Waals surface area (Å²) in [5, 5.41) is 7.40. The van der Waals surface area contributed by atoms with Crippen molar-refractivity contribution < 1.29 is 9.26 Å². The van der Waals surface area contributed by atoms with E-state index in [9.17, 15) is 0 Å². The van der Waals surface area contributed by atoms with Crippen molar-refractivity contribution in [1.29, 1.82) is 0 Å². The lowest BCUT2D eigenvalue weighted by molar-refractivity contribution is 0.129. The maximum Gasteiger partial charge on any atom is 0.228 e. The second-order valence-electron chi connectivity index (χ2n) is 7.04. The summed E-state index contributed by atoms with van der Waals surface area (Å²) in [6.07, 6.45) is 2.91. The molecule has 0 amide bonds. The van der Waals surface area contributed by atoms with Crippen LogP contribution in [0.15, 0.2) is 39.8 Å². The van der Waals surface area contributed by atoms with Crippen molar-refractivity contribution >= 4 is 29.9 Å². The number of nitrogens with zero attached hydrogens (tertiary/aromatic N) is 4. The molecule has 1 aromatic carbocycles. The van der Waals surface area contributed by atoms with E-state index in [0.29, 0.717) is 18.9 Å². The molecule has 1 aliphatic rings. The minimum atomic E-state index is 0. The van der Waals surface area contributed by atoms with Gasteiger partial charge >= 0.3 is 0 Å². The third kappa shape index (κ3) is 6.35. The number of likely N-dealkylation sites (tertiary alicyclic amines) is 1. The molecule has 7 nitrogen and oxygen atoms in total. The van der Waals surface area contributed by atoms with Crippen LogP contribution in [-0.4, -0.2) is 53.8 Å². The molecule has 1 aliphatic heterocycles. The van der Waals surface area contributed by atoms with Crippen LogP contribution in [0, 0.1) is 0 Å². The molecule has 1 aromatic heterocycles. The number of para-hydroxylation sites is 1. The van der Waals surface area contributed by atoms with Gasteiger partial charge in [-0.25, -0.2) is 0 Å². The van der Waals surface area contributed by atoms with E-state index in [2.05, 4.69) is 39.2 Å². The van der Waals surface area contributed by atoms with E-state index < -0.39 is 0 Å². The molecule has 1 saturated heterocycles. The number of aliphatic imine (C=N–C) groups is 1. The van der Waals surface area contributed by atoms with Gasteiger partial charge in [-0.3, -0.25) is 4.99 Å². The van der Waals surface area contributed by atoms with Gasteiger partial charge in [-0.15, -0.1) is 24.0 Å². The van der Waals surface area contributed by atoms with Crippen molar-refractivity contribution in [1.82, 2.24) is 20.4 Å². The van der Waals surface area contributed by atoms with Crippen LogP contribution in [0.3, 0.4) is 0 Å². The maximum atomic E-state index is 6.06. The van der Waals surface area contributed by atoms with Gasteiger partial charge in [-0.2, -0.15) is 4.98 Å². The Morgan fingerprint density at radius 3 is 2.61 bits per heavy atom. The van der Waals surface area contributed by atoms with Gasteiger partial charge < -0.3 is 19.5 Å². The molecule has 2 heterocycles. The first kappa shape index (κ1) is 22.4. The minimum absolute atomic E-state index is 0. The number of nitrogens with one attached hydrogen (secondary N) is 1. The van der Waals surface area contributed by atoms with Crippen LogP contribution in [0.25, 0.3) is 0 Å². The van der Waals surface area contributed by atoms with E-state index in [4.69, 9.17) is 9.26 Å². The molecule has 0 radical (unpaired) electrons. The highest BCUT2D eigenvalue weighted by atomic mass is 127.